The highest BCUT2D eigenvalue weighted by Crippen LogP contribution is 2.33. The summed E-state index contributed by atoms with van der Waals surface area (Å²) in [4.78, 5) is 45.6. The Morgan fingerprint density at radius 3 is 2.75 bits per heavy atom. The molecule has 7 heteroatoms. The first kappa shape index (κ1) is 22.0. The van der Waals surface area contributed by atoms with Gasteiger partial charge < -0.3 is 4.90 Å². The lowest BCUT2D eigenvalue weighted by atomic mass is 9.96. The first-order chi connectivity index (χ1) is 15.6. The maximum absolute atomic E-state index is 13.0. The maximum Gasteiger partial charge on any atom is 0.293 e. The average Bonchev–Trinajstić information content (AvgIpc) is 3.11. The number of piperidine rings is 1. The van der Waals surface area contributed by atoms with Crippen LogP contribution in [0.2, 0.25) is 0 Å². The van der Waals surface area contributed by atoms with E-state index < -0.39 is 0 Å². The number of nitrogens with zero attached hydrogens (tertiary/aromatic N) is 3. The van der Waals surface area contributed by atoms with Gasteiger partial charge in [0, 0.05) is 31.9 Å². The number of hydrogen-bond donors (Lipinski definition) is 0. The highest BCUT2D eigenvalue weighted by atomic mass is 32.2. The smallest absolute Gasteiger partial charge is 0.293 e. The third kappa shape index (κ3) is 5.16. The van der Waals surface area contributed by atoms with Gasteiger partial charge in [-0.3, -0.25) is 24.3 Å². The summed E-state index contributed by atoms with van der Waals surface area (Å²) in [5, 5.41) is -0.329. The highest BCUT2D eigenvalue weighted by Gasteiger charge is 2.36. The number of likely N-dealkylation sites (tertiary alicyclic amines) is 1. The number of allylic oxidation sites excluding steroid dienone is 2. The monoisotopic (exact) mass is 447 g/mol. The number of rotatable bonds is 6. The fourth-order valence-corrected chi connectivity index (χ4v) is 4.84. The van der Waals surface area contributed by atoms with E-state index in [4.69, 9.17) is 0 Å². The molecule has 1 aromatic carbocycles. The molecule has 2 saturated heterocycles. The molecule has 2 fully saturated rings. The predicted molar refractivity (Wildman–Crippen MR) is 125 cm³/mol. The Balaban J connectivity index is 1.37. The van der Waals surface area contributed by atoms with Gasteiger partial charge in [0.05, 0.1) is 10.9 Å². The van der Waals surface area contributed by atoms with Crippen molar-refractivity contribution in [2.75, 3.05) is 13.1 Å². The lowest BCUT2D eigenvalue weighted by Gasteiger charge is -2.36. The molecule has 4 rings (SSSR count). The van der Waals surface area contributed by atoms with E-state index in [0.717, 1.165) is 42.2 Å². The van der Waals surface area contributed by atoms with E-state index in [9.17, 15) is 14.4 Å². The van der Waals surface area contributed by atoms with Crippen LogP contribution in [0, 0.1) is 0 Å². The summed E-state index contributed by atoms with van der Waals surface area (Å²) in [6.45, 7) is 0.782. The van der Waals surface area contributed by atoms with Crippen LogP contribution in [0.15, 0.2) is 71.9 Å². The Kier molecular flexibility index (Phi) is 7.17. The summed E-state index contributed by atoms with van der Waals surface area (Å²) < 4.78 is 0. The van der Waals surface area contributed by atoms with Crippen LogP contribution in [0.25, 0.3) is 6.08 Å². The number of carbonyl (C=O) groups excluding carboxylic acids is 3. The lowest BCUT2D eigenvalue weighted by Crippen LogP contribution is -2.40. The third-order valence-corrected chi connectivity index (χ3v) is 6.58. The molecule has 0 spiro atoms. The molecule has 0 bridgehead atoms. The predicted octanol–water partition coefficient (Wildman–Crippen LogP) is 4.82. The Labute approximate surface area is 192 Å². The second-order valence-electron chi connectivity index (χ2n) is 7.76. The van der Waals surface area contributed by atoms with E-state index in [1.807, 2.05) is 53.4 Å². The van der Waals surface area contributed by atoms with Crippen LogP contribution in [0.1, 0.15) is 42.9 Å². The molecule has 1 unspecified atom stereocenters. The van der Waals surface area contributed by atoms with Gasteiger partial charge in [-0.15, -0.1) is 0 Å². The van der Waals surface area contributed by atoms with Crippen LogP contribution in [0.5, 0.6) is 0 Å². The van der Waals surface area contributed by atoms with Crippen molar-refractivity contribution in [3.05, 3.63) is 83.0 Å². The zero-order chi connectivity index (χ0) is 22.3. The number of thioether (sulfide) groups is 1. The lowest BCUT2D eigenvalue weighted by molar-refractivity contribution is -0.135. The standard InChI is InChI=1S/C25H25N3O3S/c29-23(27-16-5-4-12-21(27)20-11-7-15-26-18-20)14-17-28-24(30)22(32-25(28)31)13-6-10-19-8-2-1-3-9-19/h1-3,6-11,13,15,18,21H,4-5,12,14,16-17H2/b10-6+,22-13+. The number of hydrogen-bond acceptors (Lipinski definition) is 5. The van der Waals surface area contributed by atoms with Crippen molar-refractivity contribution in [3.8, 4) is 0 Å². The van der Waals surface area contributed by atoms with Crippen molar-refractivity contribution < 1.29 is 14.4 Å². The van der Waals surface area contributed by atoms with Crippen LogP contribution in [0.3, 0.4) is 0 Å². The zero-order valence-corrected chi connectivity index (χ0v) is 18.5. The summed E-state index contributed by atoms with van der Waals surface area (Å²) in [5.41, 5.74) is 2.04. The minimum atomic E-state index is -0.340. The minimum Gasteiger partial charge on any atom is -0.336 e. The fraction of sp³-hybridized carbons (Fsp3) is 0.280. The van der Waals surface area contributed by atoms with Crippen molar-refractivity contribution in [1.82, 2.24) is 14.8 Å². The SMILES string of the molecule is O=C1S/C(=C/C=C/c2ccccc2)C(=O)N1CCC(=O)N1CCCCC1c1cccnc1. The quantitative estimate of drug-likeness (QED) is 0.594. The molecule has 6 nitrogen and oxygen atoms in total. The summed E-state index contributed by atoms with van der Waals surface area (Å²) >= 11 is 0.916. The Morgan fingerprint density at radius 1 is 1.12 bits per heavy atom. The largest absolute Gasteiger partial charge is 0.336 e. The molecule has 2 aliphatic rings. The Morgan fingerprint density at radius 2 is 1.97 bits per heavy atom. The number of benzene rings is 1. The molecule has 2 aliphatic heterocycles. The van der Waals surface area contributed by atoms with Crippen LogP contribution >= 0.6 is 11.8 Å². The van der Waals surface area contributed by atoms with E-state index in [-0.39, 0.29) is 36.1 Å². The molecule has 0 radical (unpaired) electrons. The van der Waals surface area contributed by atoms with Gasteiger partial charge in [0.2, 0.25) is 5.91 Å². The number of amides is 3. The molecule has 32 heavy (non-hydrogen) atoms. The summed E-state index contributed by atoms with van der Waals surface area (Å²) in [6, 6.07) is 13.6. The maximum atomic E-state index is 13.0. The molecule has 164 valence electrons. The van der Waals surface area contributed by atoms with E-state index in [1.54, 1.807) is 24.5 Å². The van der Waals surface area contributed by atoms with Gasteiger partial charge in [0.15, 0.2) is 0 Å². The molecule has 1 aromatic heterocycles. The van der Waals surface area contributed by atoms with E-state index in [2.05, 4.69) is 4.98 Å². The van der Waals surface area contributed by atoms with Gasteiger partial charge in [-0.05, 0) is 54.3 Å². The van der Waals surface area contributed by atoms with Gasteiger partial charge >= 0.3 is 0 Å². The van der Waals surface area contributed by atoms with E-state index in [0.29, 0.717) is 11.4 Å². The Hall–Kier alpha value is -3.19. The van der Waals surface area contributed by atoms with Gasteiger partial charge in [0.25, 0.3) is 11.1 Å². The molecule has 0 saturated carbocycles. The summed E-state index contributed by atoms with van der Waals surface area (Å²) in [6.07, 6.45) is 11.9. The molecular weight excluding hydrogens is 422 g/mol. The molecule has 1 atom stereocenters. The number of carbonyl (C=O) groups is 3. The number of imide groups is 1. The highest BCUT2D eigenvalue weighted by molar-refractivity contribution is 8.18. The Bertz CT molecular complexity index is 1040. The van der Waals surface area contributed by atoms with E-state index >= 15 is 0 Å². The summed E-state index contributed by atoms with van der Waals surface area (Å²) in [7, 11) is 0. The first-order valence-corrected chi connectivity index (χ1v) is 11.6. The van der Waals surface area contributed by atoms with Crippen molar-refractivity contribution in [2.45, 2.75) is 31.7 Å². The van der Waals surface area contributed by atoms with Crippen molar-refractivity contribution >= 4 is 34.9 Å². The topological polar surface area (TPSA) is 70.6 Å². The number of pyridine rings is 1. The molecule has 3 heterocycles. The molecule has 0 aliphatic carbocycles. The number of aromatic nitrogens is 1. The molecular formula is C25H25N3O3S. The van der Waals surface area contributed by atoms with Crippen LogP contribution in [0.4, 0.5) is 4.79 Å². The summed E-state index contributed by atoms with van der Waals surface area (Å²) in [5.74, 6) is -0.376. The van der Waals surface area contributed by atoms with Gasteiger partial charge in [-0.1, -0.05) is 48.6 Å². The fourth-order valence-electron chi connectivity index (χ4n) is 4.02. The second kappa shape index (κ2) is 10.4. The van der Waals surface area contributed by atoms with Crippen LogP contribution in [-0.2, 0) is 9.59 Å². The van der Waals surface area contributed by atoms with Crippen molar-refractivity contribution in [3.63, 3.8) is 0 Å². The normalized spacial score (nSPS) is 20.5. The average molecular weight is 448 g/mol. The third-order valence-electron chi connectivity index (χ3n) is 5.65. The van der Waals surface area contributed by atoms with Crippen LogP contribution in [-0.4, -0.2) is 44.9 Å². The minimum absolute atomic E-state index is 0.00267. The van der Waals surface area contributed by atoms with Crippen molar-refractivity contribution in [2.24, 2.45) is 0 Å². The van der Waals surface area contributed by atoms with Gasteiger partial charge in [-0.2, -0.15) is 0 Å². The molecule has 2 aromatic rings. The van der Waals surface area contributed by atoms with Gasteiger partial charge in [-0.25, -0.2) is 0 Å². The second-order valence-corrected chi connectivity index (χ2v) is 8.75. The van der Waals surface area contributed by atoms with Crippen LogP contribution < -0.4 is 0 Å². The van der Waals surface area contributed by atoms with Crippen molar-refractivity contribution in [1.29, 1.82) is 0 Å². The van der Waals surface area contributed by atoms with Gasteiger partial charge in [0.1, 0.15) is 0 Å². The molecule has 0 N–H and O–H groups in total. The zero-order valence-electron chi connectivity index (χ0n) is 17.7. The first-order valence-electron chi connectivity index (χ1n) is 10.8. The molecule has 3 amide bonds. The van der Waals surface area contributed by atoms with E-state index in [1.165, 1.54) is 4.90 Å².